The van der Waals surface area contributed by atoms with Crippen LogP contribution < -0.4 is 0 Å². The largest absolute Gasteiger partial charge is 0.396 e. The monoisotopic (exact) mass is 386 g/mol. The highest BCUT2D eigenvalue weighted by atomic mass is 16.7. The van der Waals surface area contributed by atoms with E-state index in [1.54, 1.807) is 13.0 Å². The molecule has 27 heavy (non-hydrogen) atoms. The van der Waals surface area contributed by atoms with Gasteiger partial charge in [0.05, 0.1) is 30.5 Å². The van der Waals surface area contributed by atoms with E-state index < -0.39 is 17.5 Å². The Labute approximate surface area is 163 Å². The molecular formula is C21H38O6. The summed E-state index contributed by atoms with van der Waals surface area (Å²) in [5.74, 6) is -0.694. The topological polar surface area (TPSA) is 88.4 Å². The molecule has 0 aromatic carbocycles. The fourth-order valence-electron chi connectivity index (χ4n) is 3.88. The van der Waals surface area contributed by atoms with Gasteiger partial charge >= 0.3 is 0 Å². The summed E-state index contributed by atoms with van der Waals surface area (Å²) in [4.78, 5) is 0. The van der Waals surface area contributed by atoms with E-state index >= 15 is 0 Å². The molecule has 2 aliphatic rings. The van der Waals surface area contributed by atoms with Crippen molar-refractivity contribution in [2.24, 2.45) is 11.8 Å². The molecule has 0 aromatic rings. The zero-order valence-electron chi connectivity index (χ0n) is 17.4. The summed E-state index contributed by atoms with van der Waals surface area (Å²) < 4.78 is 18.3. The van der Waals surface area contributed by atoms with Gasteiger partial charge in [-0.15, -0.1) is 0 Å². The van der Waals surface area contributed by atoms with E-state index in [0.717, 1.165) is 6.42 Å². The van der Waals surface area contributed by atoms with Gasteiger partial charge in [-0.05, 0) is 44.9 Å². The van der Waals surface area contributed by atoms with Crippen LogP contribution in [0.25, 0.3) is 0 Å². The highest BCUT2D eigenvalue weighted by molar-refractivity contribution is 5.07. The van der Waals surface area contributed by atoms with Crippen molar-refractivity contribution in [1.29, 1.82) is 0 Å². The predicted molar refractivity (Wildman–Crippen MR) is 103 cm³/mol. The average Bonchev–Trinajstić information content (AvgIpc) is 2.63. The molecular weight excluding hydrogens is 348 g/mol. The van der Waals surface area contributed by atoms with Gasteiger partial charge in [-0.3, -0.25) is 0 Å². The van der Waals surface area contributed by atoms with Gasteiger partial charge in [0, 0.05) is 13.0 Å². The molecule has 2 heterocycles. The second kappa shape index (κ2) is 9.33. The van der Waals surface area contributed by atoms with Gasteiger partial charge in [-0.2, -0.15) is 0 Å². The van der Waals surface area contributed by atoms with Crippen molar-refractivity contribution in [3.63, 3.8) is 0 Å². The van der Waals surface area contributed by atoms with Gasteiger partial charge in [-0.1, -0.05) is 32.9 Å². The molecule has 0 amide bonds. The van der Waals surface area contributed by atoms with Crippen LogP contribution in [0.4, 0.5) is 0 Å². The molecule has 0 bridgehead atoms. The van der Waals surface area contributed by atoms with E-state index in [4.69, 9.17) is 14.2 Å². The van der Waals surface area contributed by atoms with E-state index in [2.05, 4.69) is 6.92 Å². The summed E-state index contributed by atoms with van der Waals surface area (Å²) in [6.07, 6.45) is 4.95. The molecule has 0 aromatic heterocycles. The third kappa shape index (κ3) is 5.52. The second-order valence-corrected chi connectivity index (χ2v) is 8.69. The maximum Gasteiger partial charge on any atom is 0.198 e. The number of rotatable bonds is 8. The maximum absolute atomic E-state index is 10.6. The fourth-order valence-corrected chi connectivity index (χ4v) is 3.88. The van der Waals surface area contributed by atoms with E-state index in [9.17, 15) is 15.3 Å². The van der Waals surface area contributed by atoms with Gasteiger partial charge in [-0.25, -0.2) is 0 Å². The van der Waals surface area contributed by atoms with Crippen LogP contribution in [-0.2, 0) is 14.2 Å². The van der Waals surface area contributed by atoms with Gasteiger partial charge in [0.2, 0.25) is 0 Å². The molecule has 6 nitrogen and oxygen atoms in total. The average molecular weight is 387 g/mol. The zero-order valence-corrected chi connectivity index (χ0v) is 17.4. The highest BCUT2D eigenvalue weighted by Crippen LogP contribution is 2.35. The molecule has 2 aliphatic heterocycles. The Morgan fingerprint density at radius 1 is 1.30 bits per heavy atom. The van der Waals surface area contributed by atoms with Gasteiger partial charge in [0.25, 0.3) is 0 Å². The summed E-state index contributed by atoms with van der Waals surface area (Å²) in [6, 6.07) is 0. The minimum atomic E-state index is -1.09. The molecule has 0 spiro atoms. The first-order chi connectivity index (χ1) is 12.6. The molecule has 1 fully saturated rings. The molecule has 0 aliphatic carbocycles. The summed E-state index contributed by atoms with van der Waals surface area (Å²) in [6.45, 7) is 10.2. The first-order valence-corrected chi connectivity index (χ1v) is 10.3. The Morgan fingerprint density at radius 3 is 2.59 bits per heavy atom. The highest BCUT2D eigenvalue weighted by Gasteiger charge is 2.44. The van der Waals surface area contributed by atoms with Gasteiger partial charge < -0.3 is 29.5 Å². The third-order valence-electron chi connectivity index (χ3n) is 6.17. The van der Waals surface area contributed by atoms with Crippen molar-refractivity contribution in [3.05, 3.63) is 12.2 Å². The Bertz CT molecular complexity index is 493. The van der Waals surface area contributed by atoms with E-state index in [1.165, 1.54) is 0 Å². The van der Waals surface area contributed by atoms with E-state index in [0.29, 0.717) is 25.9 Å². The minimum Gasteiger partial charge on any atom is -0.396 e. The van der Waals surface area contributed by atoms with Crippen molar-refractivity contribution in [2.45, 2.75) is 96.1 Å². The lowest BCUT2D eigenvalue weighted by atomic mass is 9.89. The summed E-state index contributed by atoms with van der Waals surface area (Å²) in [7, 11) is 0. The number of hydrogen-bond acceptors (Lipinski definition) is 6. The van der Waals surface area contributed by atoms with Gasteiger partial charge in [0.15, 0.2) is 5.79 Å². The number of aliphatic hydroxyl groups excluding tert-OH is 2. The zero-order chi connectivity index (χ0) is 20.2. The third-order valence-corrected chi connectivity index (χ3v) is 6.17. The van der Waals surface area contributed by atoms with Crippen molar-refractivity contribution in [2.75, 3.05) is 13.2 Å². The minimum absolute atomic E-state index is 0.129. The molecule has 0 radical (unpaired) electrons. The molecule has 3 N–H and O–H groups in total. The molecule has 2 unspecified atom stereocenters. The van der Waals surface area contributed by atoms with Crippen LogP contribution in [0.2, 0.25) is 0 Å². The molecule has 2 rings (SSSR count). The van der Waals surface area contributed by atoms with Crippen LogP contribution in [0, 0.1) is 11.8 Å². The van der Waals surface area contributed by atoms with Crippen LogP contribution in [0.3, 0.4) is 0 Å². The number of ether oxygens (including phenoxy) is 3. The first kappa shape index (κ1) is 22.8. The molecule has 6 heteroatoms. The van der Waals surface area contributed by atoms with Crippen molar-refractivity contribution in [3.8, 4) is 0 Å². The maximum atomic E-state index is 10.6. The van der Waals surface area contributed by atoms with Crippen LogP contribution in [0.5, 0.6) is 0 Å². The Morgan fingerprint density at radius 2 is 2.00 bits per heavy atom. The predicted octanol–water partition coefficient (Wildman–Crippen LogP) is 2.40. The van der Waals surface area contributed by atoms with Crippen LogP contribution >= 0.6 is 0 Å². The lowest BCUT2D eigenvalue weighted by molar-refractivity contribution is -0.310. The number of hydrogen-bond donors (Lipinski definition) is 3. The lowest BCUT2D eigenvalue weighted by Crippen LogP contribution is -2.54. The fraction of sp³-hybridized carbons (Fsp3) is 0.905. The SMILES string of the molecule is CC[C@]1(OCC2CC[C@@](C)(O)[C@H](C)O2)O[C@H]([C@H](C)C[C@H](C)CO)C=CC1O. The number of aliphatic hydroxyl groups is 3. The van der Waals surface area contributed by atoms with E-state index in [1.807, 2.05) is 26.8 Å². The Hall–Kier alpha value is -0.500. The van der Waals surface area contributed by atoms with Crippen LogP contribution in [-0.4, -0.2) is 64.3 Å². The molecule has 1 saturated heterocycles. The molecule has 158 valence electrons. The first-order valence-electron chi connectivity index (χ1n) is 10.3. The smallest absolute Gasteiger partial charge is 0.198 e. The summed E-state index contributed by atoms with van der Waals surface area (Å²) in [5, 5.41) is 30.1. The van der Waals surface area contributed by atoms with Crippen molar-refractivity contribution in [1.82, 2.24) is 0 Å². The second-order valence-electron chi connectivity index (χ2n) is 8.69. The van der Waals surface area contributed by atoms with Crippen LogP contribution in [0.1, 0.15) is 60.3 Å². The summed E-state index contributed by atoms with van der Waals surface area (Å²) >= 11 is 0. The Balaban J connectivity index is 1.99. The van der Waals surface area contributed by atoms with Crippen molar-refractivity contribution >= 4 is 0 Å². The lowest BCUT2D eigenvalue weighted by Gasteiger charge is -2.44. The molecule has 8 atom stereocenters. The normalized spacial score (nSPS) is 42.1. The quantitative estimate of drug-likeness (QED) is 0.555. The Kier molecular flexibility index (Phi) is 7.88. The molecule has 0 saturated carbocycles. The van der Waals surface area contributed by atoms with E-state index in [-0.39, 0.29) is 36.8 Å². The van der Waals surface area contributed by atoms with Crippen LogP contribution in [0.15, 0.2) is 12.2 Å². The standard InChI is InChI=1S/C21H38O6/c1-6-21(25-13-17-9-10-20(5,24)16(4)26-17)19(23)8-7-18(27-21)15(3)11-14(2)12-22/h7-8,14-19,22-24H,6,9-13H2,1-5H3/t14-,15+,16-,17?,18-,19?,20+,21-/m0/s1. The van der Waals surface area contributed by atoms with Gasteiger partial charge in [0.1, 0.15) is 6.10 Å². The van der Waals surface area contributed by atoms with Crippen molar-refractivity contribution < 1.29 is 29.5 Å². The summed E-state index contributed by atoms with van der Waals surface area (Å²) in [5.41, 5.74) is -0.813.